The molecule has 0 unspecified atom stereocenters. The highest BCUT2D eigenvalue weighted by Gasteiger charge is 2.02. The molecule has 0 amide bonds. The number of pyridine rings is 1. The first-order valence-electron chi connectivity index (χ1n) is 3.18. The molecule has 0 atom stereocenters. The predicted molar refractivity (Wildman–Crippen MR) is 46.1 cm³/mol. The minimum atomic E-state index is -0.922. The second-order valence-corrected chi connectivity index (χ2v) is 3.11. The number of H-pyrrole nitrogens is 1. The molecule has 1 aromatic rings. The maximum Gasteiger partial charge on any atom is 0.307 e. The second-order valence-electron chi connectivity index (χ2n) is 2.26. The van der Waals surface area contributed by atoms with E-state index in [2.05, 4.69) is 20.9 Å². The number of nitrogens with one attached hydrogen (secondary N) is 1. The van der Waals surface area contributed by atoms with Crippen LogP contribution >= 0.6 is 15.9 Å². The van der Waals surface area contributed by atoms with E-state index in [0.29, 0.717) is 10.0 Å². The van der Waals surface area contributed by atoms with Gasteiger partial charge in [-0.1, -0.05) is 0 Å². The Bertz CT molecular complexity index is 358. The van der Waals surface area contributed by atoms with Gasteiger partial charge in [0.25, 0.3) is 5.56 Å². The molecule has 0 radical (unpaired) electrons. The molecule has 5 heteroatoms. The Kier molecular flexibility index (Phi) is 2.65. The van der Waals surface area contributed by atoms with Gasteiger partial charge in [-0.25, -0.2) is 0 Å². The topological polar surface area (TPSA) is 70.2 Å². The van der Waals surface area contributed by atoms with Crippen molar-refractivity contribution >= 4 is 21.9 Å². The highest BCUT2D eigenvalue weighted by atomic mass is 79.9. The first-order valence-corrected chi connectivity index (χ1v) is 3.98. The Hall–Kier alpha value is -1.10. The van der Waals surface area contributed by atoms with E-state index in [1.54, 1.807) is 0 Å². The summed E-state index contributed by atoms with van der Waals surface area (Å²) in [5.41, 5.74) is 0.304. The monoisotopic (exact) mass is 231 g/mol. The lowest BCUT2D eigenvalue weighted by Gasteiger charge is -1.95. The summed E-state index contributed by atoms with van der Waals surface area (Å²) >= 11 is 3.00. The van der Waals surface area contributed by atoms with Crippen LogP contribution in [0.3, 0.4) is 0 Å². The SMILES string of the molecule is O=C(O)Cc1c[nH]c(=O)c(Br)c1. The number of aromatic nitrogens is 1. The van der Waals surface area contributed by atoms with Gasteiger partial charge in [0, 0.05) is 6.20 Å². The Labute approximate surface area is 76.4 Å². The summed E-state index contributed by atoms with van der Waals surface area (Å²) < 4.78 is 0.348. The average molecular weight is 232 g/mol. The van der Waals surface area contributed by atoms with Crippen LogP contribution in [0.15, 0.2) is 21.5 Å². The number of aromatic amines is 1. The summed E-state index contributed by atoms with van der Waals surface area (Å²) in [5.74, 6) is -0.922. The normalized spacial score (nSPS) is 9.75. The zero-order chi connectivity index (χ0) is 9.14. The van der Waals surface area contributed by atoms with Gasteiger partial charge >= 0.3 is 5.97 Å². The molecule has 1 rings (SSSR count). The first-order chi connectivity index (χ1) is 5.59. The molecule has 0 aliphatic rings. The molecule has 0 bridgehead atoms. The standard InChI is InChI=1S/C7H6BrNO3/c8-5-1-4(2-6(10)11)3-9-7(5)12/h1,3H,2H2,(H,9,12)(H,10,11). The third-order valence-electron chi connectivity index (χ3n) is 1.27. The zero-order valence-electron chi connectivity index (χ0n) is 6.00. The molecule has 0 aromatic carbocycles. The molecular formula is C7H6BrNO3. The number of aliphatic carboxylic acids is 1. The number of carboxylic acids is 1. The van der Waals surface area contributed by atoms with Crippen molar-refractivity contribution in [3.05, 3.63) is 32.7 Å². The first kappa shape index (κ1) is 8.99. The largest absolute Gasteiger partial charge is 0.481 e. The number of carboxylic acid groups (broad SMARTS) is 1. The van der Waals surface area contributed by atoms with Crippen molar-refractivity contribution in [2.75, 3.05) is 0 Å². The summed E-state index contributed by atoms with van der Waals surface area (Å²) in [4.78, 5) is 23.5. The Balaban J connectivity index is 2.97. The summed E-state index contributed by atoms with van der Waals surface area (Å²) in [6, 6.07) is 1.49. The Morgan fingerprint density at radius 3 is 2.83 bits per heavy atom. The fourth-order valence-electron chi connectivity index (χ4n) is 0.774. The van der Waals surface area contributed by atoms with E-state index in [1.165, 1.54) is 12.3 Å². The van der Waals surface area contributed by atoms with Crippen LogP contribution in [0.5, 0.6) is 0 Å². The van der Waals surface area contributed by atoms with Crippen LogP contribution in [0.1, 0.15) is 5.56 Å². The van der Waals surface area contributed by atoms with Gasteiger partial charge in [-0.15, -0.1) is 0 Å². The van der Waals surface area contributed by atoms with Crippen molar-refractivity contribution in [3.8, 4) is 0 Å². The van der Waals surface area contributed by atoms with Gasteiger partial charge < -0.3 is 10.1 Å². The maximum atomic E-state index is 10.8. The molecular weight excluding hydrogens is 226 g/mol. The zero-order valence-corrected chi connectivity index (χ0v) is 7.59. The van der Waals surface area contributed by atoms with Crippen molar-refractivity contribution in [1.29, 1.82) is 0 Å². The molecule has 4 nitrogen and oxygen atoms in total. The molecule has 1 aromatic heterocycles. The lowest BCUT2D eigenvalue weighted by atomic mass is 10.2. The van der Waals surface area contributed by atoms with Crippen LogP contribution in [-0.2, 0) is 11.2 Å². The summed E-state index contributed by atoms with van der Waals surface area (Å²) in [7, 11) is 0. The van der Waals surface area contributed by atoms with Crippen LogP contribution in [0.4, 0.5) is 0 Å². The van der Waals surface area contributed by atoms with Gasteiger partial charge in [-0.2, -0.15) is 0 Å². The molecule has 0 saturated heterocycles. The number of rotatable bonds is 2. The van der Waals surface area contributed by atoms with Gasteiger partial charge in [-0.05, 0) is 27.6 Å². The lowest BCUT2D eigenvalue weighted by Crippen LogP contribution is -2.08. The second kappa shape index (κ2) is 3.53. The molecule has 0 aliphatic carbocycles. The highest BCUT2D eigenvalue weighted by Crippen LogP contribution is 2.05. The lowest BCUT2D eigenvalue weighted by molar-refractivity contribution is -0.136. The summed E-state index contributed by atoms with van der Waals surface area (Å²) in [5, 5.41) is 8.42. The van der Waals surface area contributed by atoms with Gasteiger partial charge in [0.15, 0.2) is 0 Å². The fraction of sp³-hybridized carbons (Fsp3) is 0.143. The Morgan fingerprint density at radius 2 is 2.33 bits per heavy atom. The van der Waals surface area contributed by atoms with Crippen molar-refractivity contribution < 1.29 is 9.90 Å². The highest BCUT2D eigenvalue weighted by molar-refractivity contribution is 9.10. The van der Waals surface area contributed by atoms with Crippen molar-refractivity contribution in [2.24, 2.45) is 0 Å². The third kappa shape index (κ3) is 2.20. The van der Waals surface area contributed by atoms with E-state index in [4.69, 9.17) is 5.11 Å². The summed E-state index contributed by atoms with van der Waals surface area (Å²) in [6.45, 7) is 0. The van der Waals surface area contributed by atoms with Crippen LogP contribution in [0.2, 0.25) is 0 Å². The van der Waals surface area contributed by atoms with E-state index in [9.17, 15) is 9.59 Å². The van der Waals surface area contributed by atoms with E-state index in [1.807, 2.05) is 0 Å². The minimum Gasteiger partial charge on any atom is -0.481 e. The van der Waals surface area contributed by atoms with Crippen LogP contribution in [0.25, 0.3) is 0 Å². The average Bonchev–Trinajstić information content (AvgIpc) is 1.96. The molecule has 12 heavy (non-hydrogen) atoms. The van der Waals surface area contributed by atoms with Gasteiger partial charge in [-0.3, -0.25) is 9.59 Å². The quantitative estimate of drug-likeness (QED) is 0.790. The fourth-order valence-corrected chi connectivity index (χ4v) is 1.18. The molecule has 0 spiro atoms. The smallest absolute Gasteiger partial charge is 0.307 e. The number of hydrogen-bond acceptors (Lipinski definition) is 2. The van der Waals surface area contributed by atoms with E-state index in [0.717, 1.165) is 0 Å². The van der Waals surface area contributed by atoms with Crippen molar-refractivity contribution in [2.45, 2.75) is 6.42 Å². The predicted octanol–water partition coefficient (Wildman–Crippen LogP) is 0.765. The molecule has 2 N–H and O–H groups in total. The van der Waals surface area contributed by atoms with Crippen LogP contribution in [-0.4, -0.2) is 16.1 Å². The van der Waals surface area contributed by atoms with Crippen molar-refractivity contribution in [1.82, 2.24) is 4.98 Å². The minimum absolute atomic E-state index is 0.0879. The van der Waals surface area contributed by atoms with E-state index >= 15 is 0 Å². The molecule has 1 heterocycles. The molecule has 0 aliphatic heterocycles. The molecule has 64 valence electrons. The van der Waals surface area contributed by atoms with Gasteiger partial charge in [0.2, 0.25) is 0 Å². The van der Waals surface area contributed by atoms with Crippen LogP contribution in [0, 0.1) is 0 Å². The maximum absolute atomic E-state index is 10.8. The third-order valence-corrected chi connectivity index (χ3v) is 1.86. The number of hydrogen-bond donors (Lipinski definition) is 2. The number of carbonyl (C=O) groups is 1. The Morgan fingerprint density at radius 1 is 1.67 bits per heavy atom. The number of halogens is 1. The van der Waals surface area contributed by atoms with E-state index < -0.39 is 5.97 Å². The van der Waals surface area contributed by atoms with Crippen molar-refractivity contribution in [3.63, 3.8) is 0 Å². The van der Waals surface area contributed by atoms with Gasteiger partial charge in [0.05, 0.1) is 10.9 Å². The van der Waals surface area contributed by atoms with Gasteiger partial charge in [0.1, 0.15) is 0 Å². The summed E-state index contributed by atoms with van der Waals surface area (Å²) in [6.07, 6.45) is 1.30. The molecule has 0 fully saturated rings. The van der Waals surface area contributed by atoms with E-state index in [-0.39, 0.29) is 12.0 Å². The van der Waals surface area contributed by atoms with Crippen LogP contribution < -0.4 is 5.56 Å². The molecule has 0 saturated carbocycles.